The molecular weight excluding hydrogens is 240 g/mol. The molecule has 0 fully saturated rings. The molecule has 2 heteroatoms. The maximum atomic E-state index is 8.00. The van der Waals surface area contributed by atoms with Crippen LogP contribution in [0.15, 0.2) is 42.5 Å². The first-order valence-electron chi connectivity index (χ1n) is 5.96. The molecule has 1 aromatic heterocycles. The van der Waals surface area contributed by atoms with Gasteiger partial charge in [0.15, 0.2) is 0 Å². The lowest BCUT2D eigenvalue weighted by Gasteiger charge is -1.96. The van der Waals surface area contributed by atoms with E-state index in [0.717, 1.165) is 0 Å². The summed E-state index contributed by atoms with van der Waals surface area (Å²) in [6.45, 7) is 10.7. The highest BCUT2D eigenvalue weighted by molar-refractivity contribution is 7.12. The van der Waals surface area contributed by atoms with Gasteiger partial charge in [-0.2, -0.15) is 0 Å². The van der Waals surface area contributed by atoms with E-state index in [1.54, 1.807) is 0 Å². The number of thiophene rings is 1. The first-order chi connectivity index (χ1) is 8.59. The SMILES string of the molecule is C=O.Cc1ccc(C(C)C)s1.Cc1ccccc1. The van der Waals surface area contributed by atoms with Crippen molar-refractivity contribution in [3.05, 3.63) is 57.8 Å². The van der Waals surface area contributed by atoms with Gasteiger partial charge in [0.1, 0.15) is 6.79 Å². The quantitative estimate of drug-likeness (QED) is 0.707. The van der Waals surface area contributed by atoms with Crippen molar-refractivity contribution in [1.29, 1.82) is 0 Å². The third kappa shape index (κ3) is 7.02. The van der Waals surface area contributed by atoms with Crippen molar-refractivity contribution in [3.8, 4) is 0 Å². The fourth-order valence-electron chi connectivity index (χ4n) is 1.30. The zero-order valence-corrected chi connectivity index (χ0v) is 12.5. The summed E-state index contributed by atoms with van der Waals surface area (Å²) in [5.41, 5.74) is 1.32. The Balaban J connectivity index is 0.000000289. The number of aryl methyl sites for hydroxylation is 2. The van der Waals surface area contributed by atoms with E-state index < -0.39 is 0 Å². The van der Waals surface area contributed by atoms with E-state index in [2.05, 4.69) is 52.0 Å². The second-order valence-corrected chi connectivity index (χ2v) is 5.58. The number of carbonyl (C=O) groups is 1. The van der Waals surface area contributed by atoms with E-state index in [9.17, 15) is 0 Å². The zero-order chi connectivity index (χ0) is 14.0. The molecule has 0 N–H and O–H groups in total. The van der Waals surface area contributed by atoms with Crippen molar-refractivity contribution in [2.75, 3.05) is 0 Å². The Bertz CT molecular complexity index is 418. The summed E-state index contributed by atoms with van der Waals surface area (Å²) in [6.07, 6.45) is 0. The van der Waals surface area contributed by atoms with Crippen LogP contribution in [-0.2, 0) is 4.79 Å². The summed E-state index contributed by atoms with van der Waals surface area (Å²) in [6, 6.07) is 14.7. The first kappa shape index (κ1) is 16.6. The molecule has 18 heavy (non-hydrogen) atoms. The van der Waals surface area contributed by atoms with Crippen LogP contribution in [-0.4, -0.2) is 6.79 Å². The van der Waals surface area contributed by atoms with Crippen molar-refractivity contribution >= 4 is 18.1 Å². The predicted octanol–water partition coefficient (Wildman–Crippen LogP) is 4.99. The minimum atomic E-state index is 0.698. The molecule has 0 atom stereocenters. The van der Waals surface area contributed by atoms with E-state index in [-0.39, 0.29) is 0 Å². The number of hydrogen-bond acceptors (Lipinski definition) is 2. The Morgan fingerprint density at radius 1 is 0.944 bits per heavy atom. The molecule has 2 rings (SSSR count). The maximum absolute atomic E-state index is 8.00. The number of rotatable bonds is 1. The third-order valence-electron chi connectivity index (χ3n) is 2.27. The molecule has 0 saturated carbocycles. The van der Waals surface area contributed by atoms with Crippen LogP contribution >= 0.6 is 11.3 Å². The summed E-state index contributed by atoms with van der Waals surface area (Å²) in [7, 11) is 0. The van der Waals surface area contributed by atoms with Gasteiger partial charge < -0.3 is 4.79 Å². The van der Waals surface area contributed by atoms with E-state index in [4.69, 9.17) is 4.79 Å². The topological polar surface area (TPSA) is 17.1 Å². The highest BCUT2D eigenvalue weighted by Gasteiger charge is 1.99. The van der Waals surface area contributed by atoms with Gasteiger partial charge in [0.2, 0.25) is 0 Å². The molecule has 0 amide bonds. The van der Waals surface area contributed by atoms with Gasteiger partial charge in [0.05, 0.1) is 0 Å². The molecule has 98 valence electrons. The maximum Gasteiger partial charge on any atom is 0.106 e. The summed E-state index contributed by atoms with van der Waals surface area (Å²) >= 11 is 1.90. The number of hydrogen-bond donors (Lipinski definition) is 0. The van der Waals surface area contributed by atoms with Gasteiger partial charge in [-0.3, -0.25) is 0 Å². The molecule has 2 aromatic rings. The number of carbonyl (C=O) groups excluding carboxylic acids is 1. The van der Waals surface area contributed by atoms with Crippen LogP contribution in [0.1, 0.15) is 35.1 Å². The molecule has 1 heterocycles. The molecule has 0 bridgehead atoms. The lowest BCUT2D eigenvalue weighted by atomic mass is 10.2. The monoisotopic (exact) mass is 262 g/mol. The smallest absolute Gasteiger partial charge is 0.106 e. The number of benzene rings is 1. The molecule has 0 aliphatic carbocycles. The molecule has 1 nitrogen and oxygen atoms in total. The van der Waals surface area contributed by atoms with Crippen LogP contribution in [0.4, 0.5) is 0 Å². The summed E-state index contributed by atoms with van der Waals surface area (Å²) in [4.78, 5) is 10.9. The van der Waals surface area contributed by atoms with Crippen molar-refractivity contribution in [2.45, 2.75) is 33.6 Å². The van der Waals surface area contributed by atoms with Gasteiger partial charge in [0.25, 0.3) is 0 Å². The fraction of sp³-hybridized carbons (Fsp3) is 0.312. The van der Waals surface area contributed by atoms with Crippen LogP contribution in [0.5, 0.6) is 0 Å². The van der Waals surface area contributed by atoms with E-state index in [1.807, 2.05) is 36.3 Å². The normalized spacial score (nSPS) is 8.94. The minimum Gasteiger partial charge on any atom is -0.307 e. The lowest BCUT2D eigenvalue weighted by molar-refractivity contribution is -0.0979. The van der Waals surface area contributed by atoms with Crippen molar-refractivity contribution in [2.24, 2.45) is 0 Å². The Hall–Kier alpha value is -1.41. The van der Waals surface area contributed by atoms with Crippen LogP contribution in [0.2, 0.25) is 0 Å². The van der Waals surface area contributed by atoms with Gasteiger partial charge in [-0.05, 0) is 31.9 Å². The predicted molar refractivity (Wildman–Crippen MR) is 81.4 cm³/mol. The third-order valence-corrected chi connectivity index (χ3v) is 3.57. The van der Waals surface area contributed by atoms with Crippen LogP contribution < -0.4 is 0 Å². The fourth-order valence-corrected chi connectivity index (χ4v) is 2.18. The van der Waals surface area contributed by atoms with Gasteiger partial charge in [-0.25, -0.2) is 0 Å². The highest BCUT2D eigenvalue weighted by Crippen LogP contribution is 2.22. The Morgan fingerprint density at radius 2 is 1.50 bits per heavy atom. The average molecular weight is 262 g/mol. The highest BCUT2D eigenvalue weighted by atomic mass is 32.1. The summed E-state index contributed by atoms with van der Waals surface area (Å²) in [5.74, 6) is 0.698. The zero-order valence-electron chi connectivity index (χ0n) is 11.6. The van der Waals surface area contributed by atoms with E-state index >= 15 is 0 Å². The van der Waals surface area contributed by atoms with Gasteiger partial charge in [-0.15, -0.1) is 11.3 Å². The van der Waals surface area contributed by atoms with E-state index in [1.165, 1.54) is 15.3 Å². The molecular formula is C16H22OS. The standard InChI is InChI=1S/C8H12S.C7H8.CH2O/c1-6(2)8-5-4-7(3)9-8;1-7-5-3-2-4-6-7;1-2/h4-6H,1-3H3;2-6H,1H3;1H2. The molecule has 0 aliphatic heterocycles. The molecule has 0 radical (unpaired) electrons. The molecule has 0 saturated heterocycles. The minimum absolute atomic E-state index is 0.698. The second kappa shape index (κ2) is 9.60. The van der Waals surface area contributed by atoms with Crippen molar-refractivity contribution in [3.63, 3.8) is 0 Å². The van der Waals surface area contributed by atoms with Crippen molar-refractivity contribution in [1.82, 2.24) is 0 Å². The van der Waals surface area contributed by atoms with Crippen LogP contribution in [0.25, 0.3) is 0 Å². The lowest BCUT2D eigenvalue weighted by Crippen LogP contribution is -1.77. The van der Waals surface area contributed by atoms with E-state index in [0.29, 0.717) is 5.92 Å². The van der Waals surface area contributed by atoms with Gasteiger partial charge in [0, 0.05) is 9.75 Å². The average Bonchev–Trinajstić information content (AvgIpc) is 2.80. The molecule has 1 aromatic carbocycles. The Kier molecular flexibility index (Phi) is 8.85. The Morgan fingerprint density at radius 3 is 1.72 bits per heavy atom. The second-order valence-electron chi connectivity index (χ2n) is 4.26. The van der Waals surface area contributed by atoms with Crippen LogP contribution in [0, 0.1) is 13.8 Å². The molecule has 0 aliphatic rings. The van der Waals surface area contributed by atoms with Gasteiger partial charge >= 0.3 is 0 Å². The van der Waals surface area contributed by atoms with Crippen molar-refractivity contribution < 1.29 is 4.79 Å². The largest absolute Gasteiger partial charge is 0.307 e. The van der Waals surface area contributed by atoms with Crippen LogP contribution in [0.3, 0.4) is 0 Å². The molecule has 0 unspecified atom stereocenters. The Labute approximate surface area is 114 Å². The first-order valence-corrected chi connectivity index (χ1v) is 6.78. The summed E-state index contributed by atoms with van der Waals surface area (Å²) < 4.78 is 0. The van der Waals surface area contributed by atoms with Gasteiger partial charge in [-0.1, -0.05) is 49.7 Å². The molecule has 0 spiro atoms. The summed E-state index contributed by atoms with van der Waals surface area (Å²) in [5, 5.41) is 0.